The predicted molar refractivity (Wildman–Crippen MR) is 265 cm³/mol. The molecule has 0 N–H and O–H groups in total. The highest BCUT2D eigenvalue weighted by Gasteiger charge is 2.19. The number of unbranched alkanes of at least 4 members (excludes halogenated alkanes) is 26. The molecule has 0 rings (SSSR count). The van der Waals surface area contributed by atoms with Gasteiger partial charge in [0.25, 0.3) is 0 Å². The Morgan fingerprint density at radius 3 is 0.984 bits per heavy atom. The number of allylic oxidation sites excluding steroid dienone is 10. The van der Waals surface area contributed by atoms with Crippen LogP contribution in [-0.2, 0) is 28.6 Å². The predicted octanol–water partition coefficient (Wildman–Crippen LogP) is 17.3. The Morgan fingerprint density at radius 2 is 0.629 bits per heavy atom. The van der Waals surface area contributed by atoms with Gasteiger partial charge in [-0.05, 0) is 64.2 Å². The maximum absolute atomic E-state index is 12.8. The van der Waals surface area contributed by atoms with Gasteiger partial charge < -0.3 is 14.2 Å². The molecule has 0 aliphatic carbocycles. The minimum atomic E-state index is -0.776. The zero-order chi connectivity index (χ0) is 45.1. The molecule has 358 valence electrons. The molecule has 0 amide bonds. The lowest BCUT2D eigenvalue weighted by molar-refractivity contribution is -0.167. The van der Waals surface area contributed by atoms with E-state index in [0.717, 1.165) is 109 Å². The monoisotopic (exact) mass is 867 g/mol. The summed E-state index contributed by atoms with van der Waals surface area (Å²) >= 11 is 0. The van der Waals surface area contributed by atoms with Gasteiger partial charge in [-0.2, -0.15) is 0 Å². The van der Waals surface area contributed by atoms with Crippen LogP contribution < -0.4 is 0 Å². The molecule has 62 heavy (non-hydrogen) atoms. The van der Waals surface area contributed by atoms with Crippen LogP contribution in [0.3, 0.4) is 0 Å². The number of carbonyl (C=O) groups is 3. The van der Waals surface area contributed by atoms with Crippen molar-refractivity contribution >= 4 is 17.9 Å². The highest BCUT2D eigenvalue weighted by atomic mass is 16.6. The number of hydrogen-bond donors (Lipinski definition) is 0. The van der Waals surface area contributed by atoms with Crippen LogP contribution in [0.5, 0.6) is 0 Å². The van der Waals surface area contributed by atoms with E-state index in [1.54, 1.807) is 0 Å². The van der Waals surface area contributed by atoms with E-state index in [1.807, 2.05) is 0 Å². The summed E-state index contributed by atoms with van der Waals surface area (Å²) in [7, 11) is 0. The summed E-state index contributed by atoms with van der Waals surface area (Å²) in [5, 5.41) is 0. The number of ether oxygens (including phenoxy) is 3. The molecule has 0 spiro atoms. The van der Waals surface area contributed by atoms with Crippen molar-refractivity contribution in [2.24, 2.45) is 0 Å². The van der Waals surface area contributed by atoms with Gasteiger partial charge in [-0.15, -0.1) is 0 Å². The molecule has 0 aliphatic heterocycles. The number of rotatable bonds is 47. The van der Waals surface area contributed by atoms with E-state index in [2.05, 4.69) is 81.5 Å². The second-order valence-corrected chi connectivity index (χ2v) is 17.4. The van der Waals surface area contributed by atoms with Crippen LogP contribution in [0, 0.1) is 0 Å². The molecule has 1 unspecified atom stereocenters. The van der Waals surface area contributed by atoms with Crippen molar-refractivity contribution < 1.29 is 28.6 Å². The Hall–Kier alpha value is -2.89. The Bertz CT molecular complexity index is 1130. The normalized spacial score (nSPS) is 12.5. The molecule has 0 bridgehead atoms. The molecule has 0 aliphatic rings. The number of hydrogen-bond acceptors (Lipinski definition) is 6. The maximum atomic E-state index is 12.8. The van der Waals surface area contributed by atoms with Crippen LogP contribution in [0.25, 0.3) is 0 Å². The smallest absolute Gasteiger partial charge is 0.306 e. The van der Waals surface area contributed by atoms with E-state index in [1.165, 1.54) is 109 Å². The Kier molecular flexibility index (Phi) is 48.4. The SMILES string of the molecule is CC/C=C\C/C=C\C/C=C\C/C=C\C/C=C\CCCCCCCC(=O)OCC(COC(=O)CCCCCCCCC)OC(=O)CCCCCCCCCCCCCCCCCC. The van der Waals surface area contributed by atoms with Crippen molar-refractivity contribution in [3.63, 3.8) is 0 Å². The van der Waals surface area contributed by atoms with E-state index in [9.17, 15) is 14.4 Å². The molecule has 0 aromatic carbocycles. The average Bonchev–Trinajstić information content (AvgIpc) is 3.27. The van der Waals surface area contributed by atoms with Crippen molar-refractivity contribution in [3.05, 3.63) is 60.8 Å². The second-order valence-electron chi connectivity index (χ2n) is 17.4. The zero-order valence-corrected chi connectivity index (χ0v) is 40.9. The van der Waals surface area contributed by atoms with E-state index in [-0.39, 0.29) is 31.1 Å². The quantitative estimate of drug-likeness (QED) is 0.0262. The van der Waals surface area contributed by atoms with Gasteiger partial charge in [0.15, 0.2) is 6.10 Å². The molecule has 0 heterocycles. The third-order valence-corrected chi connectivity index (χ3v) is 11.3. The van der Waals surface area contributed by atoms with Crippen LogP contribution in [-0.4, -0.2) is 37.2 Å². The summed E-state index contributed by atoms with van der Waals surface area (Å²) < 4.78 is 16.7. The molecule has 0 saturated carbocycles. The Morgan fingerprint density at radius 1 is 0.339 bits per heavy atom. The van der Waals surface area contributed by atoms with E-state index >= 15 is 0 Å². The van der Waals surface area contributed by atoms with Crippen molar-refractivity contribution in [2.75, 3.05) is 13.2 Å². The standard InChI is InChI=1S/C56H98O6/c1-4-7-10-13-16-18-20-22-24-26-27-28-29-30-32-33-35-37-40-43-46-49-55(58)61-52-53(51-60-54(57)48-45-42-39-15-12-9-6-3)62-56(59)50-47-44-41-38-36-34-31-25-23-21-19-17-14-11-8-5-2/h7,10,16,18,22,24,27-28,30,32,53H,4-6,8-9,11-15,17,19-21,23,25-26,29,31,33-52H2,1-3H3/b10-7-,18-16-,24-22-,28-27-,32-30-. The zero-order valence-electron chi connectivity index (χ0n) is 40.9. The highest BCUT2D eigenvalue weighted by Crippen LogP contribution is 2.15. The fraction of sp³-hybridized carbons (Fsp3) is 0.768. The molecule has 6 nitrogen and oxygen atoms in total. The van der Waals surface area contributed by atoms with Gasteiger partial charge in [0, 0.05) is 19.3 Å². The van der Waals surface area contributed by atoms with Crippen LogP contribution in [0.4, 0.5) is 0 Å². The summed E-state index contributed by atoms with van der Waals surface area (Å²) in [6, 6.07) is 0. The average molecular weight is 867 g/mol. The largest absolute Gasteiger partial charge is 0.462 e. The summed E-state index contributed by atoms with van der Waals surface area (Å²) in [6.07, 6.45) is 62.2. The van der Waals surface area contributed by atoms with Gasteiger partial charge in [0.1, 0.15) is 13.2 Å². The van der Waals surface area contributed by atoms with E-state index < -0.39 is 6.10 Å². The van der Waals surface area contributed by atoms with Crippen molar-refractivity contribution in [1.82, 2.24) is 0 Å². The van der Waals surface area contributed by atoms with Crippen molar-refractivity contribution in [1.29, 1.82) is 0 Å². The molecule has 1 atom stereocenters. The maximum Gasteiger partial charge on any atom is 0.306 e. The molecular weight excluding hydrogens is 769 g/mol. The molecular formula is C56H98O6. The lowest BCUT2D eigenvalue weighted by Gasteiger charge is -2.18. The summed E-state index contributed by atoms with van der Waals surface area (Å²) in [6.45, 7) is 6.48. The van der Waals surface area contributed by atoms with E-state index in [4.69, 9.17) is 14.2 Å². The molecule has 0 fully saturated rings. The number of esters is 3. The fourth-order valence-electron chi connectivity index (χ4n) is 7.35. The Labute approximate surface area is 383 Å². The summed E-state index contributed by atoms with van der Waals surface area (Å²) in [5.74, 6) is -0.897. The van der Waals surface area contributed by atoms with Gasteiger partial charge >= 0.3 is 17.9 Å². The summed E-state index contributed by atoms with van der Waals surface area (Å²) in [5.41, 5.74) is 0. The molecule has 0 saturated heterocycles. The van der Waals surface area contributed by atoms with Gasteiger partial charge in [0.2, 0.25) is 0 Å². The highest BCUT2D eigenvalue weighted by molar-refractivity contribution is 5.71. The van der Waals surface area contributed by atoms with Crippen LogP contribution >= 0.6 is 0 Å². The van der Waals surface area contributed by atoms with Crippen molar-refractivity contribution in [3.8, 4) is 0 Å². The molecule has 0 aromatic heterocycles. The third kappa shape index (κ3) is 48.1. The van der Waals surface area contributed by atoms with E-state index in [0.29, 0.717) is 19.3 Å². The number of carbonyl (C=O) groups excluding carboxylic acids is 3. The lowest BCUT2D eigenvalue weighted by atomic mass is 10.0. The lowest BCUT2D eigenvalue weighted by Crippen LogP contribution is -2.30. The Balaban J connectivity index is 4.27. The first-order chi connectivity index (χ1) is 30.5. The molecule has 6 heteroatoms. The van der Waals surface area contributed by atoms with Gasteiger partial charge in [-0.3, -0.25) is 14.4 Å². The first kappa shape index (κ1) is 59.1. The van der Waals surface area contributed by atoms with Gasteiger partial charge in [0.05, 0.1) is 0 Å². The van der Waals surface area contributed by atoms with Crippen molar-refractivity contribution in [2.45, 2.75) is 264 Å². The summed E-state index contributed by atoms with van der Waals surface area (Å²) in [4.78, 5) is 37.8. The minimum Gasteiger partial charge on any atom is -0.462 e. The van der Waals surface area contributed by atoms with Gasteiger partial charge in [-0.1, -0.05) is 236 Å². The molecule has 0 aromatic rings. The van der Waals surface area contributed by atoms with Gasteiger partial charge in [-0.25, -0.2) is 0 Å². The fourth-order valence-corrected chi connectivity index (χ4v) is 7.35. The van der Waals surface area contributed by atoms with Crippen LogP contribution in [0.1, 0.15) is 258 Å². The first-order valence-corrected chi connectivity index (χ1v) is 26.3. The van der Waals surface area contributed by atoms with Crippen LogP contribution in [0.2, 0.25) is 0 Å². The molecule has 0 radical (unpaired) electrons. The topological polar surface area (TPSA) is 78.9 Å². The van der Waals surface area contributed by atoms with Crippen LogP contribution in [0.15, 0.2) is 60.8 Å². The second kappa shape index (κ2) is 50.8. The first-order valence-electron chi connectivity index (χ1n) is 26.3. The third-order valence-electron chi connectivity index (χ3n) is 11.3. The minimum absolute atomic E-state index is 0.0782.